The number of ether oxygens (including phenoxy) is 5. The molecule has 1 N–H and O–H groups in total. The number of carbonyl (C=O) groups excluding carboxylic acids is 2. The van der Waals surface area contributed by atoms with E-state index in [4.69, 9.17) is 28.7 Å². The molecule has 0 bridgehead atoms. The van der Waals surface area contributed by atoms with Gasteiger partial charge < -0.3 is 29.0 Å². The van der Waals surface area contributed by atoms with Crippen LogP contribution in [0, 0.1) is 0 Å². The van der Waals surface area contributed by atoms with E-state index < -0.39 is 18.0 Å². The summed E-state index contributed by atoms with van der Waals surface area (Å²) in [6.07, 6.45) is -1.08. The summed E-state index contributed by atoms with van der Waals surface area (Å²) in [6.45, 7) is 1.52. The van der Waals surface area contributed by atoms with Crippen molar-refractivity contribution >= 4 is 28.5 Å². The van der Waals surface area contributed by atoms with E-state index in [1.165, 1.54) is 28.3 Å². The third-order valence-corrected chi connectivity index (χ3v) is 6.65. The molecule has 9 nitrogen and oxygen atoms in total. The largest absolute Gasteiger partial charge is 0.493 e. The minimum Gasteiger partial charge on any atom is -0.493 e. The summed E-state index contributed by atoms with van der Waals surface area (Å²) in [7, 11) is 4.57. The number of fused-ring (bicyclic) bond motifs is 1. The second kappa shape index (κ2) is 12.9. The van der Waals surface area contributed by atoms with Crippen molar-refractivity contribution < 1.29 is 33.3 Å². The maximum absolute atomic E-state index is 13.5. The highest BCUT2D eigenvalue weighted by molar-refractivity contribution is 6.06. The minimum absolute atomic E-state index is 0.261. The Morgan fingerprint density at radius 2 is 1.37 bits per heavy atom. The van der Waals surface area contributed by atoms with Gasteiger partial charge in [-0.25, -0.2) is 9.78 Å². The number of esters is 1. The average molecular weight is 579 g/mol. The van der Waals surface area contributed by atoms with Gasteiger partial charge in [-0.3, -0.25) is 4.79 Å². The molecular formula is C34H30N2O7. The Bertz CT molecular complexity index is 1730. The average Bonchev–Trinajstić information content (AvgIpc) is 3.04. The summed E-state index contributed by atoms with van der Waals surface area (Å²) >= 11 is 0. The number of hydrogen-bond acceptors (Lipinski definition) is 8. The molecule has 5 rings (SSSR count). The summed E-state index contributed by atoms with van der Waals surface area (Å²) in [4.78, 5) is 31.1. The number of amides is 1. The van der Waals surface area contributed by atoms with Crippen LogP contribution in [0.25, 0.3) is 22.2 Å². The Morgan fingerprint density at radius 1 is 0.744 bits per heavy atom. The topological polar surface area (TPSA) is 105 Å². The summed E-state index contributed by atoms with van der Waals surface area (Å²) in [5.74, 6) is 1.51. The Balaban J connectivity index is 1.35. The van der Waals surface area contributed by atoms with Gasteiger partial charge in [0.25, 0.3) is 5.91 Å². The Labute approximate surface area is 248 Å². The van der Waals surface area contributed by atoms with E-state index in [-0.39, 0.29) is 5.56 Å². The quantitative estimate of drug-likeness (QED) is 0.178. The second-order valence-electron chi connectivity index (χ2n) is 9.46. The Kier molecular flexibility index (Phi) is 8.71. The molecule has 0 aliphatic carbocycles. The van der Waals surface area contributed by atoms with Gasteiger partial charge in [0.05, 0.1) is 38.1 Å². The van der Waals surface area contributed by atoms with E-state index in [1.54, 1.807) is 60.7 Å². The smallest absolute Gasteiger partial charge is 0.339 e. The maximum atomic E-state index is 13.5. The normalized spacial score (nSPS) is 11.3. The van der Waals surface area contributed by atoms with Crippen LogP contribution < -0.4 is 24.3 Å². The standard InChI is InChI=1S/C34H30N2O7/c1-21(33(37)35-23-14-16-25(17-15-23)43-24-10-6-5-7-11-24)42-34(38)27-20-29(36-28-13-9-8-12-26(27)28)22-18-30(39-2)32(41-4)31(19-22)40-3/h5-21H,1-4H3,(H,35,37). The number of para-hydroxylation sites is 2. The molecule has 1 heterocycles. The monoisotopic (exact) mass is 578 g/mol. The van der Waals surface area contributed by atoms with Crippen molar-refractivity contribution in [2.24, 2.45) is 0 Å². The second-order valence-corrected chi connectivity index (χ2v) is 9.46. The molecule has 0 saturated heterocycles. The lowest BCUT2D eigenvalue weighted by Crippen LogP contribution is -2.30. The predicted molar refractivity (Wildman–Crippen MR) is 163 cm³/mol. The number of benzene rings is 4. The molecule has 0 radical (unpaired) electrons. The van der Waals surface area contributed by atoms with Crippen LogP contribution in [-0.4, -0.2) is 44.3 Å². The molecular weight excluding hydrogens is 548 g/mol. The van der Waals surface area contributed by atoms with Crippen molar-refractivity contribution in [3.05, 3.63) is 103 Å². The molecule has 0 fully saturated rings. The molecule has 5 aromatic rings. The first kappa shape index (κ1) is 28.9. The van der Waals surface area contributed by atoms with Crippen molar-refractivity contribution in [3.63, 3.8) is 0 Å². The molecule has 0 saturated carbocycles. The van der Waals surface area contributed by atoms with Gasteiger partial charge in [0, 0.05) is 16.6 Å². The fraction of sp³-hybridized carbons (Fsp3) is 0.147. The third kappa shape index (κ3) is 6.51. The van der Waals surface area contributed by atoms with Crippen LogP contribution in [0.3, 0.4) is 0 Å². The molecule has 1 aromatic heterocycles. The van der Waals surface area contributed by atoms with Gasteiger partial charge in [-0.2, -0.15) is 0 Å². The van der Waals surface area contributed by atoms with Crippen molar-refractivity contribution in [1.82, 2.24) is 4.98 Å². The summed E-state index contributed by atoms with van der Waals surface area (Å²) in [6, 6.07) is 28.6. The van der Waals surface area contributed by atoms with Gasteiger partial charge in [-0.05, 0) is 67.6 Å². The van der Waals surface area contributed by atoms with Crippen LogP contribution in [0.4, 0.5) is 5.69 Å². The molecule has 1 amide bonds. The third-order valence-electron chi connectivity index (χ3n) is 6.65. The number of nitrogens with zero attached hydrogens (tertiary/aromatic N) is 1. The van der Waals surface area contributed by atoms with Crippen LogP contribution >= 0.6 is 0 Å². The van der Waals surface area contributed by atoms with E-state index >= 15 is 0 Å². The van der Waals surface area contributed by atoms with E-state index in [0.717, 1.165) is 0 Å². The van der Waals surface area contributed by atoms with Crippen molar-refractivity contribution in [3.8, 4) is 40.0 Å². The number of aromatic nitrogens is 1. The minimum atomic E-state index is -1.08. The zero-order valence-electron chi connectivity index (χ0n) is 24.1. The van der Waals surface area contributed by atoms with Crippen LogP contribution in [0.1, 0.15) is 17.3 Å². The number of hydrogen-bond donors (Lipinski definition) is 1. The summed E-state index contributed by atoms with van der Waals surface area (Å²) < 4.78 is 27.8. The molecule has 4 aromatic carbocycles. The number of rotatable bonds is 10. The van der Waals surface area contributed by atoms with E-state index in [1.807, 2.05) is 36.4 Å². The molecule has 0 spiro atoms. The van der Waals surface area contributed by atoms with Gasteiger partial charge in [-0.15, -0.1) is 0 Å². The molecule has 218 valence electrons. The highest BCUT2D eigenvalue weighted by Gasteiger charge is 2.23. The highest BCUT2D eigenvalue weighted by Crippen LogP contribution is 2.41. The maximum Gasteiger partial charge on any atom is 0.339 e. The number of nitrogens with one attached hydrogen (secondary N) is 1. The number of anilines is 1. The summed E-state index contributed by atoms with van der Waals surface area (Å²) in [5.41, 5.74) is 2.50. The molecule has 1 atom stereocenters. The first-order chi connectivity index (χ1) is 20.9. The van der Waals surface area contributed by atoms with Crippen LogP contribution in [0.15, 0.2) is 97.1 Å². The number of carbonyl (C=O) groups is 2. The zero-order valence-corrected chi connectivity index (χ0v) is 24.1. The first-order valence-corrected chi connectivity index (χ1v) is 13.4. The molecule has 0 aliphatic rings. The Hall–Kier alpha value is -5.57. The zero-order chi connectivity index (χ0) is 30.3. The van der Waals surface area contributed by atoms with Crippen LogP contribution in [0.5, 0.6) is 28.7 Å². The van der Waals surface area contributed by atoms with Gasteiger partial charge >= 0.3 is 5.97 Å². The Morgan fingerprint density at radius 3 is 2.02 bits per heavy atom. The summed E-state index contributed by atoms with van der Waals surface area (Å²) in [5, 5.41) is 3.36. The molecule has 1 unspecified atom stereocenters. The van der Waals surface area contributed by atoms with Crippen molar-refractivity contribution in [2.75, 3.05) is 26.6 Å². The fourth-order valence-electron chi connectivity index (χ4n) is 4.47. The van der Waals surface area contributed by atoms with Gasteiger partial charge in [0.15, 0.2) is 17.6 Å². The molecule has 43 heavy (non-hydrogen) atoms. The van der Waals surface area contributed by atoms with Crippen molar-refractivity contribution in [2.45, 2.75) is 13.0 Å². The lowest BCUT2D eigenvalue weighted by molar-refractivity contribution is -0.123. The van der Waals surface area contributed by atoms with Gasteiger partial charge in [0.2, 0.25) is 5.75 Å². The molecule has 9 heteroatoms. The van der Waals surface area contributed by atoms with E-state index in [0.29, 0.717) is 56.6 Å². The first-order valence-electron chi connectivity index (χ1n) is 13.4. The van der Waals surface area contributed by atoms with Gasteiger partial charge in [0.1, 0.15) is 11.5 Å². The van der Waals surface area contributed by atoms with E-state index in [9.17, 15) is 9.59 Å². The SMILES string of the molecule is COc1cc(-c2cc(C(=O)OC(C)C(=O)Nc3ccc(Oc4ccccc4)cc3)c3ccccc3n2)cc(OC)c1OC. The number of methoxy groups -OCH3 is 3. The fourth-order valence-corrected chi connectivity index (χ4v) is 4.47. The lowest BCUT2D eigenvalue weighted by Gasteiger charge is -2.16. The molecule has 0 aliphatic heterocycles. The van der Waals surface area contributed by atoms with Crippen LogP contribution in [-0.2, 0) is 9.53 Å². The van der Waals surface area contributed by atoms with Crippen molar-refractivity contribution in [1.29, 1.82) is 0 Å². The lowest BCUT2D eigenvalue weighted by atomic mass is 10.0. The van der Waals surface area contributed by atoms with E-state index in [2.05, 4.69) is 5.32 Å². The van der Waals surface area contributed by atoms with Gasteiger partial charge in [-0.1, -0.05) is 36.4 Å². The predicted octanol–water partition coefficient (Wildman–Crippen LogP) is 6.90. The highest BCUT2D eigenvalue weighted by atomic mass is 16.5. The van der Waals surface area contributed by atoms with Crippen LogP contribution in [0.2, 0.25) is 0 Å². The number of pyridine rings is 1.